The molecule has 5 heteroatoms. The molecule has 1 aromatic heterocycles. The fourth-order valence-electron chi connectivity index (χ4n) is 2.32. The summed E-state index contributed by atoms with van der Waals surface area (Å²) in [5, 5.41) is 8.34. The smallest absolute Gasteiger partial charge is 0.127 e. The van der Waals surface area contributed by atoms with Gasteiger partial charge < -0.3 is 15.2 Å². The van der Waals surface area contributed by atoms with Crippen LogP contribution >= 0.6 is 0 Å². The summed E-state index contributed by atoms with van der Waals surface area (Å²) in [6, 6.07) is 7.32. The number of rotatable bonds is 5. The summed E-state index contributed by atoms with van der Waals surface area (Å²) in [4.78, 5) is 0. The molecular formula is C16H21N3O2. The second-order valence-corrected chi connectivity index (χ2v) is 4.83. The van der Waals surface area contributed by atoms with E-state index in [-0.39, 0.29) is 6.04 Å². The predicted molar refractivity (Wildman–Crippen MR) is 81.7 cm³/mol. The standard InChI is InChI=1S/C16H21N3O2/c1-5-14-13(8-10(2)18-19-14)16(17)12-7-6-11(20-3)9-15(12)21-4/h6-9,16H,5,17H2,1-4H3. The second kappa shape index (κ2) is 6.54. The fraction of sp³-hybridized carbons (Fsp3) is 0.375. The van der Waals surface area contributed by atoms with Gasteiger partial charge in [-0.3, -0.25) is 0 Å². The zero-order valence-electron chi connectivity index (χ0n) is 12.9. The van der Waals surface area contributed by atoms with Crippen LogP contribution in [0.4, 0.5) is 0 Å². The number of hydrogen-bond acceptors (Lipinski definition) is 5. The Morgan fingerprint density at radius 3 is 2.48 bits per heavy atom. The van der Waals surface area contributed by atoms with Crippen LogP contribution < -0.4 is 15.2 Å². The molecule has 2 N–H and O–H groups in total. The highest BCUT2D eigenvalue weighted by molar-refractivity contribution is 5.46. The van der Waals surface area contributed by atoms with Gasteiger partial charge in [0.1, 0.15) is 11.5 Å². The average Bonchev–Trinajstić information content (AvgIpc) is 2.53. The molecule has 0 saturated heterocycles. The van der Waals surface area contributed by atoms with E-state index in [1.54, 1.807) is 14.2 Å². The first-order valence-electron chi connectivity index (χ1n) is 6.91. The van der Waals surface area contributed by atoms with Gasteiger partial charge in [0, 0.05) is 11.6 Å². The van der Waals surface area contributed by atoms with E-state index >= 15 is 0 Å². The summed E-state index contributed by atoms with van der Waals surface area (Å²) >= 11 is 0. The molecule has 1 unspecified atom stereocenters. The number of ether oxygens (including phenoxy) is 2. The summed E-state index contributed by atoms with van der Waals surface area (Å²) in [7, 11) is 3.25. The molecule has 0 bridgehead atoms. The molecule has 0 spiro atoms. The minimum absolute atomic E-state index is 0.310. The Kier molecular flexibility index (Phi) is 4.75. The third-order valence-electron chi connectivity index (χ3n) is 3.47. The van der Waals surface area contributed by atoms with Crippen molar-refractivity contribution in [2.24, 2.45) is 5.73 Å². The third kappa shape index (κ3) is 3.13. The SMILES string of the molecule is CCc1nnc(C)cc1C(N)c1ccc(OC)cc1OC. The Bertz CT molecular complexity index is 629. The minimum atomic E-state index is -0.310. The van der Waals surface area contributed by atoms with E-state index in [9.17, 15) is 0 Å². The summed E-state index contributed by atoms with van der Waals surface area (Å²) in [5.41, 5.74) is 10.1. The van der Waals surface area contributed by atoms with Gasteiger partial charge in [0.25, 0.3) is 0 Å². The number of aromatic nitrogens is 2. The fourth-order valence-corrected chi connectivity index (χ4v) is 2.32. The van der Waals surface area contributed by atoms with Gasteiger partial charge in [-0.1, -0.05) is 6.92 Å². The first kappa shape index (κ1) is 15.3. The lowest BCUT2D eigenvalue weighted by atomic mass is 9.96. The van der Waals surface area contributed by atoms with Gasteiger partial charge in [0.15, 0.2) is 0 Å². The number of nitrogens with zero attached hydrogens (tertiary/aromatic N) is 2. The molecule has 2 rings (SSSR count). The van der Waals surface area contributed by atoms with Crippen LogP contribution in [0.3, 0.4) is 0 Å². The van der Waals surface area contributed by atoms with Crippen molar-refractivity contribution in [3.05, 3.63) is 46.8 Å². The zero-order valence-corrected chi connectivity index (χ0v) is 12.9. The van der Waals surface area contributed by atoms with Gasteiger partial charge in [-0.15, -0.1) is 0 Å². The molecule has 0 aliphatic carbocycles. The van der Waals surface area contributed by atoms with E-state index < -0.39 is 0 Å². The number of benzene rings is 1. The Balaban J connectivity index is 2.49. The highest BCUT2D eigenvalue weighted by Crippen LogP contribution is 2.32. The van der Waals surface area contributed by atoms with Crippen molar-refractivity contribution in [3.63, 3.8) is 0 Å². The van der Waals surface area contributed by atoms with Crippen molar-refractivity contribution >= 4 is 0 Å². The topological polar surface area (TPSA) is 70.3 Å². The van der Waals surface area contributed by atoms with Gasteiger partial charge in [-0.25, -0.2) is 0 Å². The number of nitrogens with two attached hydrogens (primary N) is 1. The quantitative estimate of drug-likeness (QED) is 0.914. The van der Waals surface area contributed by atoms with Crippen molar-refractivity contribution in [1.29, 1.82) is 0 Å². The van der Waals surface area contributed by atoms with Crippen LogP contribution in [0.5, 0.6) is 11.5 Å². The van der Waals surface area contributed by atoms with Gasteiger partial charge in [-0.2, -0.15) is 10.2 Å². The zero-order chi connectivity index (χ0) is 15.4. The van der Waals surface area contributed by atoms with Gasteiger partial charge in [0.05, 0.1) is 31.6 Å². The van der Waals surface area contributed by atoms with Crippen LogP contribution in [0.1, 0.15) is 35.5 Å². The lowest BCUT2D eigenvalue weighted by Crippen LogP contribution is -2.17. The number of methoxy groups -OCH3 is 2. The molecule has 0 saturated carbocycles. The predicted octanol–water partition coefficient (Wildman–Crippen LogP) is 2.41. The Morgan fingerprint density at radius 2 is 1.86 bits per heavy atom. The Morgan fingerprint density at radius 1 is 1.10 bits per heavy atom. The largest absolute Gasteiger partial charge is 0.497 e. The molecular weight excluding hydrogens is 266 g/mol. The Labute approximate surface area is 125 Å². The molecule has 2 aromatic rings. The lowest BCUT2D eigenvalue weighted by molar-refractivity contribution is 0.390. The second-order valence-electron chi connectivity index (χ2n) is 4.83. The average molecular weight is 287 g/mol. The normalized spacial score (nSPS) is 12.0. The van der Waals surface area contributed by atoms with E-state index in [0.717, 1.165) is 34.7 Å². The molecule has 5 nitrogen and oxygen atoms in total. The molecule has 21 heavy (non-hydrogen) atoms. The maximum Gasteiger partial charge on any atom is 0.127 e. The minimum Gasteiger partial charge on any atom is -0.497 e. The van der Waals surface area contributed by atoms with Crippen LogP contribution in [0.2, 0.25) is 0 Å². The summed E-state index contributed by atoms with van der Waals surface area (Å²) in [6.07, 6.45) is 0.786. The molecule has 0 amide bonds. The molecule has 1 heterocycles. The van der Waals surface area contributed by atoms with E-state index in [1.165, 1.54) is 0 Å². The van der Waals surface area contributed by atoms with Crippen molar-refractivity contribution < 1.29 is 9.47 Å². The molecule has 1 aromatic carbocycles. The first-order chi connectivity index (χ1) is 10.1. The van der Waals surface area contributed by atoms with Crippen molar-refractivity contribution in [3.8, 4) is 11.5 Å². The maximum absolute atomic E-state index is 6.44. The van der Waals surface area contributed by atoms with E-state index in [2.05, 4.69) is 10.2 Å². The van der Waals surface area contributed by atoms with Crippen LogP contribution in [0.25, 0.3) is 0 Å². The van der Waals surface area contributed by atoms with Gasteiger partial charge in [0.2, 0.25) is 0 Å². The third-order valence-corrected chi connectivity index (χ3v) is 3.47. The van der Waals surface area contributed by atoms with E-state index in [4.69, 9.17) is 15.2 Å². The monoisotopic (exact) mass is 287 g/mol. The molecule has 0 radical (unpaired) electrons. The van der Waals surface area contributed by atoms with Crippen LogP contribution in [-0.4, -0.2) is 24.4 Å². The first-order valence-corrected chi connectivity index (χ1v) is 6.91. The maximum atomic E-state index is 6.44. The summed E-state index contributed by atoms with van der Waals surface area (Å²) in [6.45, 7) is 3.95. The summed E-state index contributed by atoms with van der Waals surface area (Å²) in [5.74, 6) is 1.45. The lowest BCUT2D eigenvalue weighted by Gasteiger charge is -2.19. The Hall–Kier alpha value is -2.14. The highest BCUT2D eigenvalue weighted by atomic mass is 16.5. The summed E-state index contributed by atoms with van der Waals surface area (Å²) < 4.78 is 10.7. The van der Waals surface area contributed by atoms with Crippen molar-refractivity contribution in [1.82, 2.24) is 10.2 Å². The number of hydrogen-bond donors (Lipinski definition) is 1. The molecule has 1 atom stereocenters. The highest BCUT2D eigenvalue weighted by Gasteiger charge is 2.18. The van der Waals surface area contributed by atoms with E-state index in [1.807, 2.05) is 38.1 Å². The van der Waals surface area contributed by atoms with Gasteiger partial charge in [-0.05, 0) is 37.1 Å². The van der Waals surface area contributed by atoms with Crippen LogP contribution in [0.15, 0.2) is 24.3 Å². The molecule has 0 aliphatic heterocycles. The van der Waals surface area contributed by atoms with Crippen molar-refractivity contribution in [2.75, 3.05) is 14.2 Å². The molecule has 112 valence electrons. The van der Waals surface area contributed by atoms with Crippen molar-refractivity contribution in [2.45, 2.75) is 26.3 Å². The van der Waals surface area contributed by atoms with Gasteiger partial charge >= 0.3 is 0 Å². The van der Waals surface area contributed by atoms with Crippen LogP contribution in [-0.2, 0) is 6.42 Å². The van der Waals surface area contributed by atoms with Crippen LogP contribution in [0, 0.1) is 6.92 Å². The number of aryl methyl sites for hydroxylation is 2. The van der Waals surface area contributed by atoms with E-state index in [0.29, 0.717) is 5.75 Å². The molecule has 0 aliphatic rings. The molecule has 0 fully saturated rings.